The largest absolute Gasteiger partial charge is 0.375 e. The van der Waals surface area contributed by atoms with Crippen LogP contribution in [0.15, 0.2) is 0 Å². The molecule has 0 unspecified atom stereocenters. The lowest BCUT2D eigenvalue weighted by atomic mass is 9.74. The first kappa shape index (κ1) is 10.1. The van der Waals surface area contributed by atoms with E-state index in [0.717, 1.165) is 24.4 Å². The number of hydrogen-bond acceptors (Lipinski definition) is 1. The van der Waals surface area contributed by atoms with E-state index in [-0.39, 0.29) is 0 Å². The molecule has 0 aromatic rings. The van der Waals surface area contributed by atoms with Crippen molar-refractivity contribution in [1.29, 1.82) is 0 Å². The predicted molar refractivity (Wildman–Crippen MR) is 61.8 cm³/mol. The van der Waals surface area contributed by atoms with Gasteiger partial charge in [0.05, 0.1) is 12.2 Å². The maximum Gasteiger partial charge on any atom is 0.0685 e. The van der Waals surface area contributed by atoms with E-state index in [1.54, 1.807) is 0 Å². The summed E-state index contributed by atoms with van der Waals surface area (Å²) < 4.78 is 6.32. The van der Waals surface area contributed by atoms with Crippen LogP contribution in [0.2, 0.25) is 0 Å². The summed E-state index contributed by atoms with van der Waals surface area (Å²) in [6, 6.07) is 0. The molecule has 1 heterocycles. The molecule has 15 heavy (non-hydrogen) atoms. The van der Waals surface area contributed by atoms with Gasteiger partial charge in [0.2, 0.25) is 0 Å². The normalized spacial score (nSPS) is 49.8. The van der Waals surface area contributed by atoms with Gasteiger partial charge in [0.1, 0.15) is 0 Å². The lowest BCUT2D eigenvalue weighted by Gasteiger charge is -2.40. The summed E-state index contributed by atoms with van der Waals surface area (Å²) in [7, 11) is 0. The van der Waals surface area contributed by atoms with Gasteiger partial charge in [0, 0.05) is 0 Å². The second-order valence-corrected chi connectivity index (χ2v) is 6.16. The molecule has 0 bridgehead atoms. The van der Waals surface area contributed by atoms with Crippen LogP contribution in [0.3, 0.4) is 0 Å². The first-order chi connectivity index (χ1) is 7.31. The zero-order valence-corrected chi connectivity index (χ0v) is 10.0. The molecule has 0 amide bonds. The van der Waals surface area contributed by atoms with Gasteiger partial charge >= 0.3 is 0 Å². The molecule has 1 spiro atoms. The Bertz CT molecular complexity index is 223. The van der Waals surface area contributed by atoms with Gasteiger partial charge in [-0.1, -0.05) is 26.2 Å². The summed E-state index contributed by atoms with van der Waals surface area (Å²) in [5.41, 5.74) is 0.326. The van der Waals surface area contributed by atoms with E-state index >= 15 is 0 Å². The lowest BCUT2D eigenvalue weighted by Crippen LogP contribution is -2.38. The maximum atomic E-state index is 6.32. The Morgan fingerprint density at radius 1 is 1.20 bits per heavy atom. The molecule has 0 aromatic heterocycles. The zero-order valence-electron chi connectivity index (χ0n) is 10.0. The highest BCUT2D eigenvalue weighted by atomic mass is 16.5. The van der Waals surface area contributed by atoms with Crippen molar-refractivity contribution in [3.63, 3.8) is 0 Å². The van der Waals surface area contributed by atoms with Crippen molar-refractivity contribution in [1.82, 2.24) is 0 Å². The summed E-state index contributed by atoms with van der Waals surface area (Å²) in [5.74, 6) is 2.95. The average Bonchev–Trinajstić information content (AvgIpc) is 3.03. The Hall–Kier alpha value is -0.0400. The minimum atomic E-state index is 0.326. The van der Waals surface area contributed by atoms with E-state index in [1.165, 1.54) is 51.4 Å². The first-order valence-corrected chi connectivity index (χ1v) is 6.95. The first-order valence-electron chi connectivity index (χ1n) is 6.95. The number of hydrogen-bond donors (Lipinski definition) is 0. The highest BCUT2D eigenvalue weighted by Crippen LogP contribution is 2.50. The second-order valence-electron chi connectivity index (χ2n) is 6.16. The van der Waals surface area contributed by atoms with E-state index < -0.39 is 0 Å². The van der Waals surface area contributed by atoms with Crippen LogP contribution in [0, 0.1) is 17.8 Å². The van der Waals surface area contributed by atoms with Crippen LogP contribution < -0.4 is 0 Å². The van der Waals surface area contributed by atoms with Gasteiger partial charge < -0.3 is 4.74 Å². The van der Waals surface area contributed by atoms with Gasteiger partial charge in [-0.15, -0.1) is 0 Å². The third kappa shape index (κ3) is 1.95. The minimum absolute atomic E-state index is 0.326. The average molecular weight is 208 g/mol. The Kier molecular flexibility index (Phi) is 2.54. The van der Waals surface area contributed by atoms with E-state index in [1.807, 2.05) is 0 Å². The van der Waals surface area contributed by atoms with Gasteiger partial charge in [-0.05, 0) is 49.9 Å². The third-order valence-corrected chi connectivity index (χ3v) is 5.13. The van der Waals surface area contributed by atoms with Gasteiger partial charge in [-0.3, -0.25) is 0 Å². The van der Waals surface area contributed by atoms with E-state index in [4.69, 9.17) is 4.74 Å². The maximum absolute atomic E-state index is 6.32. The SMILES string of the molecule is CC[C@@H]1CCC[C@]2(CC[C@H]3C[C@@H]3CO2)C1. The van der Waals surface area contributed by atoms with Crippen LogP contribution in [0.25, 0.3) is 0 Å². The molecule has 2 aliphatic carbocycles. The summed E-state index contributed by atoms with van der Waals surface area (Å²) in [6.07, 6.45) is 11.2. The standard InChI is InChI=1S/C14H24O/c1-2-11-4-3-6-14(9-11)7-5-12-8-13(12)10-15-14/h11-13H,2-10H2,1H3/t11-,12+,13-,14+/m1/s1. The Labute approximate surface area is 93.6 Å². The van der Waals surface area contributed by atoms with E-state index in [0.29, 0.717) is 5.60 Å². The zero-order chi connectivity index (χ0) is 10.3. The van der Waals surface area contributed by atoms with Crippen molar-refractivity contribution < 1.29 is 4.74 Å². The lowest BCUT2D eigenvalue weighted by molar-refractivity contribution is -0.0866. The van der Waals surface area contributed by atoms with Gasteiger partial charge in [0.15, 0.2) is 0 Å². The molecule has 3 fully saturated rings. The van der Waals surface area contributed by atoms with Crippen molar-refractivity contribution in [2.45, 2.75) is 63.9 Å². The monoisotopic (exact) mass is 208 g/mol. The smallest absolute Gasteiger partial charge is 0.0685 e. The van der Waals surface area contributed by atoms with Crippen molar-refractivity contribution in [3.05, 3.63) is 0 Å². The molecule has 3 rings (SSSR count). The highest BCUT2D eigenvalue weighted by molar-refractivity contribution is 4.96. The highest BCUT2D eigenvalue weighted by Gasteiger charge is 2.46. The fraction of sp³-hybridized carbons (Fsp3) is 1.00. The number of fused-ring (bicyclic) bond motifs is 1. The van der Waals surface area contributed by atoms with Crippen LogP contribution in [-0.4, -0.2) is 12.2 Å². The van der Waals surface area contributed by atoms with Crippen molar-refractivity contribution in [2.75, 3.05) is 6.61 Å². The van der Waals surface area contributed by atoms with E-state index in [2.05, 4.69) is 6.92 Å². The molecule has 86 valence electrons. The predicted octanol–water partition coefficient (Wildman–Crippen LogP) is 3.77. The summed E-state index contributed by atoms with van der Waals surface area (Å²) >= 11 is 0. The second kappa shape index (κ2) is 3.76. The van der Waals surface area contributed by atoms with Crippen LogP contribution in [0.5, 0.6) is 0 Å². The molecular formula is C14H24O. The molecule has 0 radical (unpaired) electrons. The molecule has 4 atom stereocenters. The van der Waals surface area contributed by atoms with Crippen LogP contribution in [0.1, 0.15) is 58.3 Å². The number of ether oxygens (including phenoxy) is 1. The quantitative estimate of drug-likeness (QED) is 0.637. The summed E-state index contributed by atoms with van der Waals surface area (Å²) in [4.78, 5) is 0. The molecule has 2 saturated carbocycles. The molecule has 1 heteroatoms. The molecule has 1 aliphatic heterocycles. The summed E-state index contributed by atoms with van der Waals surface area (Å²) in [5, 5.41) is 0. The van der Waals surface area contributed by atoms with Gasteiger partial charge in [-0.2, -0.15) is 0 Å². The van der Waals surface area contributed by atoms with Crippen LogP contribution in [-0.2, 0) is 4.74 Å². The van der Waals surface area contributed by atoms with Crippen molar-refractivity contribution in [2.24, 2.45) is 17.8 Å². The van der Waals surface area contributed by atoms with E-state index in [9.17, 15) is 0 Å². The fourth-order valence-electron chi connectivity index (χ4n) is 3.82. The van der Waals surface area contributed by atoms with Crippen molar-refractivity contribution >= 4 is 0 Å². The van der Waals surface area contributed by atoms with Crippen LogP contribution in [0.4, 0.5) is 0 Å². The topological polar surface area (TPSA) is 9.23 Å². The molecule has 0 N–H and O–H groups in total. The summed E-state index contributed by atoms with van der Waals surface area (Å²) in [6.45, 7) is 3.43. The minimum Gasteiger partial charge on any atom is -0.375 e. The molecule has 1 saturated heterocycles. The number of rotatable bonds is 1. The van der Waals surface area contributed by atoms with Crippen LogP contribution >= 0.6 is 0 Å². The van der Waals surface area contributed by atoms with Gasteiger partial charge in [-0.25, -0.2) is 0 Å². The molecular weight excluding hydrogens is 184 g/mol. The van der Waals surface area contributed by atoms with Gasteiger partial charge in [0.25, 0.3) is 0 Å². The van der Waals surface area contributed by atoms with Crippen molar-refractivity contribution in [3.8, 4) is 0 Å². The molecule has 1 nitrogen and oxygen atoms in total. The Morgan fingerprint density at radius 2 is 2.13 bits per heavy atom. The molecule has 3 aliphatic rings. The Balaban J connectivity index is 1.66. The Morgan fingerprint density at radius 3 is 3.00 bits per heavy atom. The molecule has 0 aromatic carbocycles. The fourth-order valence-corrected chi connectivity index (χ4v) is 3.82. The third-order valence-electron chi connectivity index (χ3n) is 5.13.